The first kappa shape index (κ1) is 21.9. The lowest BCUT2D eigenvalue weighted by molar-refractivity contribution is -0.162. The van der Waals surface area contributed by atoms with Crippen molar-refractivity contribution in [3.8, 4) is 23.2 Å². The zero-order valence-electron chi connectivity index (χ0n) is 17.2. The van der Waals surface area contributed by atoms with Gasteiger partial charge in [0.25, 0.3) is 5.91 Å². The normalized spacial score (nSPS) is 12.4. The number of hydrogen-bond donors (Lipinski definition) is 1. The SMILES string of the molecule is COc1nn(-c2cccnn2)cc1C(=O)Nc1cccc(-c2nncn2[C@@H](C)C(F)(F)F)n1. The van der Waals surface area contributed by atoms with E-state index in [1.54, 1.807) is 12.1 Å². The van der Waals surface area contributed by atoms with Gasteiger partial charge in [-0.3, -0.25) is 4.79 Å². The Labute approximate surface area is 184 Å². The average molecular weight is 459 g/mol. The molecule has 4 aromatic heterocycles. The molecular weight excluding hydrogens is 443 g/mol. The molecule has 0 aromatic carbocycles. The monoisotopic (exact) mass is 459 g/mol. The van der Waals surface area contributed by atoms with Crippen LogP contribution in [0.25, 0.3) is 17.3 Å². The molecule has 11 nitrogen and oxygen atoms in total. The summed E-state index contributed by atoms with van der Waals surface area (Å²) in [5.41, 5.74) is 0.188. The van der Waals surface area contributed by atoms with E-state index in [2.05, 4.69) is 35.8 Å². The zero-order chi connectivity index (χ0) is 23.6. The average Bonchev–Trinajstić information content (AvgIpc) is 3.46. The van der Waals surface area contributed by atoms with Gasteiger partial charge in [-0.25, -0.2) is 9.67 Å². The van der Waals surface area contributed by atoms with Crippen LogP contribution in [-0.4, -0.2) is 58.9 Å². The van der Waals surface area contributed by atoms with E-state index in [4.69, 9.17) is 4.74 Å². The molecule has 4 aromatic rings. The van der Waals surface area contributed by atoms with E-state index in [0.717, 1.165) is 17.8 Å². The number of carbonyl (C=O) groups is 1. The summed E-state index contributed by atoms with van der Waals surface area (Å²) in [6.07, 6.45) is -0.620. The molecule has 33 heavy (non-hydrogen) atoms. The van der Waals surface area contributed by atoms with Crippen LogP contribution in [-0.2, 0) is 0 Å². The lowest BCUT2D eigenvalue weighted by Gasteiger charge is -2.18. The van der Waals surface area contributed by atoms with Crippen LogP contribution in [0.3, 0.4) is 0 Å². The third kappa shape index (κ3) is 4.49. The first-order valence-corrected chi connectivity index (χ1v) is 9.44. The lowest BCUT2D eigenvalue weighted by atomic mass is 10.2. The van der Waals surface area contributed by atoms with Crippen LogP contribution in [0.15, 0.2) is 49.1 Å². The minimum Gasteiger partial charge on any atom is -0.479 e. The van der Waals surface area contributed by atoms with Gasteiger partial charge in [-0.05, 0) is 31.2 Å². The Balaban J connectivity index is 1.60. The van der Waals surface area contributed by atoms with Gasteiger partial charge in [-0.15, -0.1) is 20.4 Å². The van der Waals surface area contributed by atoms with Gasteiger partial charge in [0, 0.05) is 12.4 Å². The van der Waals surface area contributed by atoms with Crippen molar-refractivity contribution in [3.63, 3.8) is 0 Å². The van der Waals surface area contributed by atoms with Gasteiger partial charge in [-0.1, -0.05) is 6.07 Å². The number of halogens is 3. The highest BCUT2D eigenvalue weighted by Gasteiger charge is 2.38. The summed E-state index contributed by atoms with van der Waals surface area (Å²) in [7, 11) is 1.35. The van der Waals surface area contributed by atoms with E-state index in [9.17, 15) is 18.0 Å². The van der Waals surface area contributed by atoms with Crippen molar-refractivity contribution in [2.75, 3.05) is 12.4 Å². The molecule has 170 valence electrons. The predicted octanol–water partition coefficient (Wildman–Crippen LogP) is 2.70. The van der Waals surface area contributed by atoms with Gasteiger partial charge < -0.3 is 14.6 Å². The Hall–Kier alpha value is -4.36. The van der Waals surface area contributed by atoms with Gasteiger partial charge in [0.2, 0.25) is 5.88 Å². The number of ether oxygens (including phenoxy) is 1. The molecule has 1 amide bonds. The maximum atomic E-state index is 13.2. The number of anilines is 1. The number of pyridine rings is 1. The number of amides is 1. The summed E-state index contributed by atoms with van der Waals surface area (Å²) in [6.45, 7) is 0.986. The smallest absolute Gasteiger partial charge is 0.408 e. The highest BCUT2D eigenvalue weighted by Crippen LogP contribution is 2.32. The maximum absolute atomic E-state index is 13.2. The van der Waals surface area contributed by atoms with Crippen molar-refractivity contribution in [2.45, 2.75) is 19.1 Å². The first-order valence-electron chi connectivity index (χ1n) is 9.44. The molecule has 14 heteroatoms. The fraction of sp³-hybridized carbons (Fsp3) is 0.211. The Morgan fingerprint density at radius 3 is 2.67 bits per heavy atom. The fourth-order valence-electron chi connectivity index (χ4n) is 2.88. The Morgan fingerprint density at radius 1 is 1.15 bits per heavy atom. The third-order valence-electron chi connectivity index (χ3n) is 4.60. The van der Waals surface area contributed by atoms with Crippen molar-refractivity contribution in [3.05, 3.63) is 54.6 Å². The van der Waals surface area contributed by atoms with Gasteiger partial charge in [-0.2, -0.15) is 18.3 Å². The third-order valence-corrected chi connectivity index (χ3v) is 4.60. The second kappa shape index (κ2) is 8.64. The van der Waals surface area contributed by atoms with E-state index in [1.165, 1.54) is 42.4 Å². The van der Waals surface area contributed by atoms with Gasteiger partial charge in [0.1, 0.15) is 29.4 Å². The van der Waals surface area contributed by atoms with E-state index in [0.29, 0.717) is 5.82 Å². The number of methoxy groups -OCH3 is 1. The first-order chi connectivity index (χ1) is 15.8. The van der Waals surface area contributed by atoms with Crippen molar-refractivity contribution in [1.82, 2.24) is 39.7 Å². The van der Waals surface area contributed by atoms with Crippen molar-refractivity contribution in [2.24, 2.45) is 0 Å². The lowest BCUT2D eigenvalue weighted by Crippen LogP contribution is -2.24. The summed E-state index contributed by atoms with van der Waals surface area (Å²) in [5, 5.41) is 21.7. The largest absolute Gasteiger partial charge is 0.479 e. The van der Waals surface area contributed by atoms with Crippen LogP contribution in [0.4, 0.5) is 19.0 Å². The van der Waals surface area contributed by atoms with E-state index < -0.39 is 18.1 Å². The number of aromatic nitrogens is 8. The molecule has 0 aliphatic carbocycles. The summed E-state index contributed by atoms with van der Waals surface area (Å²) < 4.78 is 46.8. The molecule has 0 radical (unpaired) electrons. The van der Waals surface area contributed by atoms with Gasteiger partial charge in [0.05, 0.1) is 7.11 Å². The number of rotatable bonds is 6. The molecular formula is C19H16F3N9O2. The molecule has 0 saturated carbocycles. The minimum atomic E-state index is -4.50. The Kier molecular flexibility index (Phi) is 5.72. The Morgan fingerprint density at radius 2 is 1.97 bits per heavy atom. The highest BCUT2D eigenvalue weighted by molar-refractivity contribution is 6.05. The second-order valence-electron chi connectivity index (χ2n) is 6.72. The van der Waals surface area contributed by atoms with Crippen LogP contribution in [0.1, 0.15) is 23.3 Å². The highest BCUT2D eigenvalue weighted by atomic mass is 19.4. The summed E-state index contributed by atoms with van der Waals surface area (Å²) >= 11 is 0. The molecule has 0 bridgehead atoms. The molecule has 0 aliphatic heterocycles. The molecule has 0 spiro atoms. The minimum absolute atomic E-state index is 0.0352. The zero-order valence-corrected chi connectivity index (χ0v) is 17.2. The summed E-state index contributed by atoms with van der Waals surface area (Å²) in [4.78, 5) is 17.1. The van der Waals surface area contributed by atoms with E-state index >= 15 is 0 Å². The van der Waals surface area contributed by atoms with Gasteiger partial charge in [0.15, 0.2) is 11.6 Å². The molecule has 0 fully saturated rings. The standard InChI is InChI=1S/C19H16F3N9O2/c1-11(19(20,21)22)30-10-24-28-16(30)13-5-3-6-14(25-13)26-17(32)12-9-31(29-18(12)33-2)15-7-4-8-23-27-15/h3-11H,1-2H3,(H,25,26,32)/t11-/m0/s1. The molecule has 0 saturated heterocycles. The Bertz CT molecular complexity index is 1270. The second-order valence-corrected chi connectivity index (χ2v) is 6.72. The van der Waals surface area contributed by atoms with Crippen LogP contribution in [0, 0.1) is 0 Å². The number of nitrogens with one attached hydrogen (secondary N) is 1. The van der Waals surface area contributed by atoms with Crippen LogP contribution in [0.2, 0.25) is 0 Å². The van der Waals surface area contributed by atoms with Crippen molar-refractivity contribution in [1.29, 1.82) is 0 Å². The topological polar surface area (TPSA) is 126 Å². The number of hydrogen-bond acceptors (Lipinski definition) is 8. The molecule has 0 unspecified atom stereocenters. The molecule has 4 heterocycles. The molecule has 0 aliphatic rings. The quantitative estimate of drug-likeness (QED) is 0.467. The van der Waals surface area contributed by atoms with Crippen molar-refractivity contribution >= 4 is 11.7 Å². The molecule has 1 atom stereocenters. The number of carbonyl (C=O) groups excluding carboxylic acids is 1. The molecule has 1 N–H and O–H groups in total. The van der Waals surface area contributed by atoms with Crippen LogP contribution >= 0.6 is 0 Å². The predicted molar refractivity (Wildman–Crippen MR) is 108 cm³/mol. The van der Waals surface area contributed by atoms with E-state index in [-0.39, 0.29) is 28.8 Å². The van der Waals surface area contributed by atoms with Crippen LogP contribution in [0.5, 0.6) is 5.88 Å². The fourth-order valence-corrected chi connectivity index (χ4v) is 2.88. The van der Waals surface area contributed by atoms with Gasteiger partial charge >= 0.3 is 6.18 Å². The van der Waals surface area contributed by atoms with Crippen LogP contribution < -0.4 is 10.1 Å². The number of nitrogens with zero attached hydrogens (tertiary/aromatic N) is 8. The number of alkyl halides is 3. The summed E-state index contributed by atoms with van der Waals surface area (Å²) in [6, 6.07) is 5.91. The van der Waals surface area contributed by atoms with E-state index in [1.807, 2.05) is 0 Å². The molecule has 4 rings (SSSR count). The van der Waals surface area contributed by atoms with Crippen molar-refractivity contribution < 1.29 is 22.7 Å². The maximum Gasteiger partial charge on any atom is 0.408 e. The summed E-state index contributed by atoms with van der Waals surface area (Å²) in [5.74, 6) is -0.206.